The molecule has 1 amide bonds. The van der Waals surface area contributed by atoms with Crippen molar-refractivity contribution in [1.82, 2.24) is 15.0 Å². The van der Waals surface area contributed by atoms with Gasteiger partial charge >= 0.3 is 12.1 Å². The van der Waals surface area contributed by atoms with Crippen LogP contribution in [0.5, 0.6) is 0 Å². The maximum Gasteiger partial charge on any atom is 0.490 e. The predicted molar refractivity (Wildman–Crippen MR) is 143 cm³/mol. The molecule has 1 unspecified atom stereocenters. The highest BCUT2D eigenvalue weighted by molar-refractivity contribution is 7.13. The molecule has 1 atom stereocenters. The van der Waals surface area contributed by atoms with Crippen LogP contribution >= 0.6 is 22.9 Å². The monoisotopic (exact) mass is 605 g/mol. The topological polar surface area (TPSA) is 131 Å². The van der Waals surface area contributed by atoms with Crippen molar-refractivity contribution in [3.63, 3.8) is 0 Å². The minimum atomic E-state index is -5.08. The van der Waals surface area contributed by atoms with Crippen molar-refractivity contribution in [2.75, 3.05) is 10.2 Å². The molecule has 1 aliphatic rings. The van der Waals surface area contributed by atoms with Crippen LogP contribution in [0.3, 0.4) is 0 Å². The van der Waals surface area contributed by atoms with Crippen molar-refractivity contribution in [2.24, 2.45) is 0 Å². The van der Waals surface area contributed by atoms with Gasteiger partial charge in [0.1, 0.15) is 0 Å². The summed E-state index contributed by atoms with van der Waals surface area (Å²) in [5.74, 6) is -3.60. The Bertz CT molecular complexity index is 1780. The number of H-pyrrole nitrogens is 1. The van der Waals surface area contributed by atoms with Gasteiger partial charge in [-0.2, -0.15) is 13.2 Å². The third-order valence-electron chi connectivity index (χ3n) is 6.02. The molecule has 2 aromatic heterocycles. The van der Waals surface area contributed by atoms with Crippen LogP contribution in [0.2, 0.25) is 5.02 Å². The van der Waals surface area contributed by atoms with E-state index < -0.39 is 29.6 Å². The fourth-order valence-electron chi connectivity index (χ4n) is 4.27. The molecule has 9 nitrogen and oxygen atoms in total. The fraction of sp³-hybridized carbons (Fsp3) is 0.0769. The summed E-state index contributed by atoms with van der Waals surface area (Å²) >= 11 is 7.44. The largest absolute Gasteiger partial charge is 0.490 e. The molecule has 210 valence electrons. The Kier molecular flexibility index (Phi) is 7.15. The van der Waals surface area contributed by atoms with Gasteiger partial charge < -0.3 is 20.5 Å². The van der Waals surface area contributed by atoms with Crippen molar-refractivity contribution in [1.29, 1.82) is 0 Å². The molecule has 0 saturated heterocycles. The van der Waals surface area contributed by atoms with E-state index in [1.807, 2.05) is 5.38 Å². The van der Waals surface area contributed by atoms with Crippen LogP contribution in [0.25, 0.3) is 11.0 Å². The Hall–Kier alpha value is -4.53. The first kappa shape index (κ1) is 28.0. The number of imidazole rings is 1. The molecule has 0 radical (unpaired) electrons. The molecule has 0 saturated carbocycles. The summed E-state index contributed by atoms with van der Waals surface area (Å²) in [6.45, 7) is 0. The lowest BCUT2D eigenvalue weighted by Crippen LogP contribution is -2.45. The number of nitrogens with one attached hydrogen (secondary N) is 2. The van der Waals surface area contributed by atoms with Gasteiger partial charge in [0.2, 0.25) is 5.95 Å². The molecule has 5 aromatic rings. The molecule has 3 aromatic carbocycles. The van der Waals surface area contributed by atoms with Gasteiger partial charge in [0, 0.05) is 28.3 Å². The quantitative estimate of drug-likeness (QED) is 0.184. The average molecular weight is 606 g/mol. The molecule has 6 rings (SSSR count). The Balaban J connectivity index is 0.000000431. The van der Waals surface area contributed by atoms with E-state index in [1.54, 1.807) is 48.7 Å². The second kappa shape index (κ2) is 10.5. The van der Waals surface area contributed by atoms with Crippen LogP contribution in [0.1, 0.15) is 21.5 Å². The van der Waals surface area contributed by atoms with E-state index in [0.29, 0.717) is 33.2 Å². The minimum Gasteiger partial charge on any atom is -0.475 e. The highest BCUT2D eigenvalue weighted by Gasteiger charge is 2.51. The number of carbonyl (C=O) groups is 2. The van der Waals surface area contributed by atoms with Crippen LogP contribution in [-0.2, 0) is 10.5 Å². The Morgan fingerprint density at radius 2 is 1.85 bits per heavy atom. The summed E-state index contributed by atoms with van der Waals surface area (Å²) in [5, 5.41) is 24.7. The van der Waals surface area contributed by atoms with Crippen LogP contribution < -0.4 is 10.2 Å². The summed E-state index contributed by atoms with van der Waals surface area (Å²) in [5.41, 5.74) is 0.160. The number of aromatic nitrogens is 3. The Morgan fingerprint density at radius 1 is 1.12 bits per heavy atom. The molecule has 1 aliphatic heterocycles. The van der Waals surface area contributed by atoms with Gasteiger partial charge in [-0.1, -0.05) is 41.9 Å². The number of aromatic amines is 1. The molecule has 0 spiro atoms. The van der Waals surface area contributed by atoms with Gasteiger partial charge in [0.25, 0.3) is 5.91 Å². The third-order valence-corrected chi connectivity index (χ3v) is 7.00. The minimum absolute atomic E-state index is 0.118. The zero-order valence-corrected chi connectivity index (χ0v) is 21.9. The molecule has 0 bridgehead atoms. The number of rotatable bonds is 4. The van der Waals surface area contributed by atoms with Gasteiger partial charge in [-0.25, -0.2) is 19.2 Å². The average Bonchev–Trinajstić information content (AvgIpc) is 3.64. The molecular weight excluding hydrogens is 590 g/mol. The van der Waals surface area contributed by atoms with Crippen LogP contribution in [0, 0.1) is 5.82 Å². The summed E-state index contributed by atoms with van der Waals surface area (Å²) in [6.07, 6.45) is -3.40. The lowest BCUT2D eigenvalue weighted by atomic mass is 9.93. The number of nitrogens with zero attached hydrogens (tertiary/aromatic N) is 3. The van der Waals surface area contributed by atoms with Gasteiger partial charge in [-0.05, 0) is 30.3 Å². The van der Waals surface area contributed by atoms with Crippen molar-refractivity contribution >= 4 is 62.6 Å². The number of anilines is 3. The third kappa shape index (κ3) is 5.08. The second-order valence-corrected chi connectivity index (χ2v) is 9.82. The first-order chi connectivity index (χ1) is 19.4. The van der Waals surface area contributed by atoms with E-state index in [-0.39, 0.29) is 16.3 Å². The zero-order valence-electron chi connectivity index (χ0n) is 20.3. The summed E-state index contributed by atoms with van der Waals surface area (Å²) in [6, 6.07) is 16.1. The SMILES string of the molecule is O=C(O)C(F)(F)F.O=C1c2ccccc2C(O)(c2ccc3nc(Nc4nccs4)[nH]c3c2)N1c1cccc(Cl)c1F. The van der Waals surface area contributed by atoms with E-state index in [9.17, 15) is 23.1 Å². The number of carbonyl (C=O) groups excluding carboxylic acids is 1. The number of hydrogen-bond acceptors (Lipinski definition) is 7. The van der Waals surface area contributed by atoms with E-state index in [4.69, 9.17) is 21.5 Å². The van der Waals surface area contributed by atoms with Gasteiger partial charge in [-0.15, -0.1) is 11.3 Å². The second-order valence-electron chi connectivity index (χ2n) is 8.51. The van der Waals surface area contributed by atoms with Gasteiger partial charge in [0.05, 0.1) is 21.7 Å². The lowest BCUT2D eigenvalue weighted by molar-refractivity contribution is -0.192. The number of benzene rings is 3. The molecular formula is C26H16ClF4N5O4S. The number of thiazole rings is 1. The van der Waals surface area contributed by atoms with Crippen molar-refractivity contribution < 1.29 is 37.4 Å². The van der Waals surface area contributed by atoms with Crippen molar-refractivity contribution in [3.8, 4) is 0 Å². The number of fused-ring (bicyclic) bond motifs is 2. The van der Waals surface area contributed by atoms with E-state index in [1.165, 1.54) is 29.5 Å². The smallest absolute Gasteiger partial charge is 0.475 e. The molecule has 4 N–H and O–H groups in total. The van der Waals surface area contributed by atoms with E-state index >= 15 is 4.39 Å². The van der Waals surface area contributed by atoms with Crippen molar-refractivity contribution in [3.05, 3.63) is 99.8 Å². The number of amides is 1. The Labute approximate surface area is 236 Å². The lowest BCUT2D eigenvalue weighted by Gasteiger charge is -2.35. The summed E-state index contributed by atoms with van der Waals surface area (Å²) in [7, 11) is 0. The number of hydrogen-bond donors (Lipinski definition) is 4. The Morgan fingerprint density at radius 3 is 2.54 bits per heavy atom. The number of aliphatic hydroxyl groups is 1. The molecule has 0 fully saturated rings. The number of aliphatic carboxylic acids is 1. The molecule has 41 heavy (non-hydrogen) atoms. The maximum atomic E-state index is 15.1. The normalized spacial score (nSPS) is 16.3. The predicted octanol–water partition coefficient (Wildman–Crippen LogP) is 6.04. The number of alkyl halides is 3. The van der Waals surface area contributed by atoms with Crippen LogP contribution in [-0.4, -0.2) is 43.2 Å². The highest BCUT2D eigenvalue weighted by atomic mass is 35.5. The highest BCUT2D eigenvalue weighted by Crippen LogP contribution is 2.46. The fourth-order valence-corrected chi connectivity index (χ4v) is 4.96. The van der Waals surface area contributed by atoms with Gasteiger partial charge in [-0.3, -0.25) is 9.69 Å². The number of halogens is 5. The molecule has 3 heterocycles. The van der Waals surface area contributed by atoms with E-state index in [2.05, 4.69) is 20.3 Å². The number of carboxylic acid groups (broad SMARTS) is 1. The first-order valence-corrected chi connectivity index (χ1v) is 12.7. The van der Waals surface area contributed by atoms with Crippen LogP contribution in [0.4, 0.5) is 34.3 Å². The van der Waals surface area contributed by atoms with Crippen LogP contribution in [0.15, 0.2) is 72.2 Å². The first-order valence-electron chi connectivity index (χ1n) is 11.5. The standard InChI is InChI=1S/C24H15ClFN5O2S.C2HF3O2/c25-16-6-3-7-19(20(16)26)31-21(32)14-4-1-2-5-15(14)24(31,33)13-8-9-17-18(12-13)29-22(28-17)30-23-27-10-11-34-23;3-2(4,5)1(6)7/h1-12,33H,(H2,27,28,29,30);(H,6,7). The van der Waals surface area contributed by atoms with Crippen molar-refractivity contribution in [2.45, 2.75) is 11.9 Å². The van der Waals surface area contributed by atoms with E-state index in [0.717, 1.165) is 4.90 Å². The maximum absolute atomic E-state index is 15.1. The summed E-state index contributed by atoms with van der Waals surface area (Å²) in [4.78, 5) is 35.2. The zero-order chi connectivity index (χ0) is 29.5. The summed E-state index contributed by atoms with van der Waals surface area (Å²) < 4.78 is 46.8. The van der Waals surface area contributed by atoms with Gasteiger partial charge in [0.15, 0.2) is 16.7 Å². The number of carboxylic acids is 1. The molecule has 15 heteroatoms. The molecule has 0 aliphatic carbocycles.